The maximum absolute atomic E-state index is 13.1. The molecule has 0 unspecified atom stereocenters. The fourth-order valence-corrected chi connectivity index (χ4v) is 3.19. The molecule has 132 valence electrons. The van der Waals surface area contributed by atoms with Gasteiger partial charge in [0, 0.05) is 18.6 Å². The number of benzene rings is 2. The van der Waals surface area contributed by atoms with Gasteiger partial charge in [-0.25, -0.2) is 9.37 Å². The average Bonchev–Trinajstić information content (AvgIpc) is 3.34. The van der Waals surface area contributed by atoms with E-state index in [-0.39, 0.29) is 11.7 Å². The molecule has 0 bridgehead atoms. The molecule has 7 nitrogen and oxygen atoms in total. The van der Waals surface area contributed by atoms with Gasteiger partial charge in [0.15, 0.2) is 5.69 Å². The van der Waals surface area contributed by atoms with Gasteiger partial charge in [0.2, 0.25) is 17.0 Å². The molecule has 0 saturated carbocycles. The van der Waals surface area contributed by atoms with Gasteiger partial charge in [-0.2, -0.15) is 9.71 Å². The van der Waals surface area contributed by atoms with Crippen molar-refractivity contribution in [2.45, 2.75) is 6.92 Å². The van der Waals surface area contributed by atoms with E-state index >= 15 is 0 Å². The number of nitrogens with zero attached hydrogens (tertiary/aromatic N) is 5. The van der Waals surface area contributed by atoms with Crippen molar-refractivity contribution in [2.75, 3.05) is 0 Å². The van der Waals surface area contributed by atoms with Crippen LogP contribution >= 0.6 is 0 Å². The first kappa shape index (κ1) is 15.4. The van der Waals surface area contributed by atoms with Crippen LogP contribution in [0.25, 0.3) is 39.5 Å². The molecule has 0 spiro atoms. The van der Waals surface area contributed by atoms with Gasteiger partial charge in [0.25, 0.3) is 5.89 Å². The van der Waals surface area contributed by atoms with Crippen LogP contribution in [-0.2, 0) is 0 Å². The zero-order valence-electron chi connectivity index (χ0n) is 14.1. The summed E-state index contributed by atoms with van der Waals surface area (Å²) < 4.78 is 21.2. The van der Waals surface area contributed by atoms with Crippen LogP contribution in [0.4, 0.5) is 4.39 Å². The first-order valence-electron chi connectivity index (χ1n) is 8.21. The number of hydrogen-bond acceptors (Lipinski definition) is 5. The van der Waals surface area contributed by atoms with E-state index in [1.54, 1.807) is 31.5 Å². The molecule has 0 amide bonds. The number of aryl methyl sites for hydroxylation is 1. The Morgan fingerprint density at radius 3 is 2.70 bits per heavy atom. The van der Waals surface area contributed by atoms with Crippen molar-refractivity contribution < 1.29 is 13.6 Å². The summed E-state index contributed by atoms with van der Waals surface area (Å²) in [4.78, 5) is 8.76. The molecule has 0 N–H and O–H groups in total. The second-order valence-corrected chi connectivity index (χ2v) is 6.11. The lowest BCUT2D eigenvalue weighted by molar-refractivity contribution is -0.583. The SMILES string of the molecule is Cc1c2c(-c3nc(-c4ccc(F)cc4)no3)ncn2c2ccccc2[n+]1[O-]. The molecule has 5 aromatic rings. The van der Waals surface area contributed by atoms with E-state index in [0.717, 1.165) is 10.2 Å². The molecule has 0 atom stereocenters. The zero-order valence-corrected chi connectivity index (χ0v) is 14.1. The highest BCUT2D eigenvalue weighted by atomic mass is 19.1. The van der Waals surface area contributed by atoms with Gasteiger partial charge in [0.05, 0.1) is 0 Å². The summed E-state index contributed by atoms with van der Waals surface area (Å²) in [6.07, 6.45) is 1.63. The Morgan fingerprint density at radius 2 is 1.89 bits per heavy atom. The van der Waals surface area contributed by atoms with Crippen molar-refractivity contribution in [1.82, 2.24) is 19.5 Å². The van der Waals surface area contributed by atoms with Gasteiger partial charge in [-0.3, -0.25) is 4.40 Å². The van der Waals surface area contributed by atoms with E-state index in [2.05, 4.69) is 15.1 Å². The number of fused-ring (bicyclic) bond motifs is 3. The molecule has 0 radical (unpaired) electrons. The highest BCUT2D eigenvalue weighted by Crippen LogP contribution is 2.27. The summed E-state index contributed by atoms with van der Waals surface area (Å²) in [6.45, 7) is 1.72. The number of aromatic nitrogens is 5. The van der Waals surface area contributed by atoms with Gasteiger partial charge in [0.1, 0.15) is 23.2 Å². The third-order valence-corrected chi connectivity index (χ3v) is 4.51. The number of rotatable bonds is 2. The highest BCUT2D eigenvalue weighted by Gasteiger charge is 2.23. The summed E-state index contributed by atoms with van der Waals surface area (Å²) in [5.41, 5.74) is 3.38. The highest BCUT2D eigenvalue weighted by molar-refractivity contribution is 5.82. The number of imidazole rings is 1. The predicted octanol–water partition coefficient (Wildman–Crippen LogP) is 3.29. The summed E-state index contributed by atoms with van der Waals surface area (Å²) in [6, 6.07) is 13.1. The summed E-state index contributed by atoms with van der Waals surface area (Å²) in [5.74, 6) is 0.167. The standard InChI is InChI=1S/C19H12FN5O2/c1-11-17-16(19-22-18(23-27-19)12-6-8-13(20)9-7-12)21-10-24(17)14-4-2-3-5-15(14)25(11)26/h2-10H,1H3. The van der Waals surface area contributed by atoms with Crippen LogP contribution in [0, 0.1) is 17.9 Å². The Labute approximate surface area is 151 Å². The first-order chi connectivity index (χ1) is 13.1. The molecule has 27 heavy (non-hydrogen) atoms. The smallest absolute Gasteiger partial charge is 0.279 e. The third kappa shape index (κ3) is 2.27. The molecule has 8 heteroatoms. The average molecular weight is 361 g/mol. The van der Waals surface area contributed by atoms with Gasteiger partial charge in [-0.05, 0) is 30.3 Å². The number of hydrogen-bond donors (Lipinski definition) is 0. The molecule has 0 aliphatic heterocycles. The van der Waals surface area contributed by atoms with Crippen molar-refractivity contribution in [3.63, 3.8) is 0 Å². The summed E-state index contributed by atoms with van der Waals surface area (Å²) in [5, 5.41) is 16.6. The van der Waals surface area contributed by atoms with Gasteiger partial charge in [-0.15, -0.1) is 0 Å². The lowest BCUT2D eigenvalue weighted by Crippen LogP contribution is -2.32. The maximum Gasteiger partial charge on any atom is 0.279 e. The maximum atomic E-state index is 13.1. The van der Waals surface area contributed by atoms with Crippen molar-refractivity contribution in [3.8, 4) is 23.0 Å². The second kappa shape index (κ2) is 5.60. The van der Waals surface area contributed by atoms with Gasteiger partial charge in [-0.1, -0.05) is 17.3 Å². The molecule has 3 heterocycles. The van der Waals surface area contributed by atoms with E-state index < -0.39 is 0 Å². The van der Waals surface area contributed by atoms with Gasteiger partial charge < -0.3 is 9.73 Å². The molecule has 0 fully saturated rings. The van der Waals surface area contributed by atoms with E-state index in [1.807, 2.05) is 22.6 Å². The van der Waals surface area contributed by atoms with Crippen LogP contribution in [0.3, 0.4) is 0 Å². The van der Waals surface area contributed by atoms with Crippen LogP contribution in [0.15, 0.2) is 59.4 Å². The van der Waals surface area contributed by atoms with Crippen LogP contribution in [-0.4, -0.2) is 19.5 Å². The predicted molar refractivity (Wildman–Crippen MR) is 95.1 cm³/mol. The van der Waals surface area contributed by atoms with Crippen LogP contribution in [0.2, 0.25) is 0 Å². The number of halogens is 1. The topological polar surface area (TPSA) is 83.2 Å². The minimum Gasteiger partial charge on any atom is -0.618 e. The van der Waals surface area contributed by atoms with E-state index in [1.165, 1.54) is 12.1 Å². The molecular formula is C19H12FN5O2. The largest absolute Gasteiger partial charge is 0.618 e. The molecule has 0 aliphatic carbocycles. The normalized spacial score (nSPS) is 11.5. The Kier molecular flexibility index (Phi) is 3.20. The minimum absolute atomic E-state index is 0.190. The second-order valence-electron chi connectivity index (χ2n) is 6.11. The van der Waals surface area contributed by atoms with E-state index in [4.69, 9.17) is 4.52 Å². The van der Waals surface area contributed by atoms with E-state index in [0.29, 0.717) is 33.8 Å². The van der Waals surface area contributed by atoms with Crippen molar-refractivity contribution in [2.24, 2.45) is 0 Å². The van der Waals surface area contributed by atoms with Crippen LogP contribution in [0.5, 0.6) is 0 Å². The van der Waals surface area contributed by atoms with Crippen LogP contribution in [0.1, 0.15) is 5.69 Å². The monoisotopic (exact) mass is 361 g/mol. The number of para-hydroxylation sites is 2. The third-order valence-electron chi connectivity index (χ3n) is 4.51. The fraction of sp³-hybridized carbons (Fsp3) is 0.0526. The fourth-order valence-electron chi connectivity index (χ4n) is 3.19. The summed E-state index contributed by atoms with van der Waals surface area (Å²) >= 11 is 0. The Balaban J connectivity index is 1.71. The molecule has 3 aromatic heterocycles. The molecular weight excluding hydrogens is 349 g/mol. The quantitative estimate of drug-likeness (QED) is 0.356. The lowest BCUT2D eigenvalue weighted by Gasteiger charge is -2.08. The Bertz CT molecular complexity index is 1310. The minimum atomic E-state index is -0.343. The Hall–Kier alpha value is -3.81. The van der Waals surface area contributed by atoms with Crippen molar-refractivity contribution in [1.29, 1.82) is 0 Å². The van der Waals surface area contributed by atoms with Crippen molar-refractivity contribution >= 4 is 16.6 Å². The zero-order chi connectivity index (χ0) is 18.5. The molecule has 0 aliphatic rings. The van der Waals surface area contributed by atoms with E-state index in [9.17, 15) is 9.60 Å². The summed E-state index contributed by atoms with van der Waals surface area (Å²) in [7, 11) is 0. The van der Waals surface area contributed by atoms with Crippen LogP contribution < -0.4 is 4.73 Å². The lowest BCUT2D eigenvalue weighted by atomic mass is 10.2. The Morgan fingerprint density at radius 1 is 1.11 bits per heavy atom. The van der Waals surface area contributed by atoms with Gasteiger partial charge >= 0.3 is 0 Å². The molecule has 0 saturated heterocycles. The molecule has 2 aromatic carbocycles. The molecule has 5 rings (SSSR count). The first-order valence-corrected chi connectivity index (χ1v) is 8.21. The van der Waals surface area contributed by atoms with Crippen molar-refractivity contribution in [3.05, 3.63) is 71.6 Å².